The van der Waals surface area contributed by atoms with Crippen LogP contribution in [-0.4, -0.2) is 10.2 Å². The smallest absolute Gasteiger partial charge is 0.118 e. The number of aryl methyl sites for hydroxylation is 3. The molecule has 2 nitrogen and oxygen atoms in total. The van der Waals surface area contributed by atoms with E-state index in [4.69, 9.17) is 0 Å². The lowest BCUT2D eigenvalue weighted by atomic mass is 9.69. The molecule has 2 heteroatoms. The van der Waals surface area contributed by atoms with Crippen molar-refractivity contribution < 1.29 is 10.2 Å². The highest BCUT2D eigenvalue weighted by Gasteiger charge is 2.42. The van der Waals surface area contributed by atoms with Gasteiger partial charge >= 0.3 is 0 Å². The van der Waals surface area contributed by atoms with Crippen molar-refractivity contribution in [1.29, 1.82) is 0 Å². The zero-order chi connectivity index (χ0) is 20.2. The fourth-order valence-electron chi connectivity index (χ4n) is 4.96. The number of aromatic hydroxyl groups is 2. The molecule has 0 heterocycles. The maximum atomic E-state index is 10.1. The Bertz CT molecular complexity index is 1200. The lowest BCUT2D eigenvalue weighted by molar-refractivity contribution is 0.469. The molecule has 1 aliphatic rings. The summed E-state index contributed by atoms with van der Waals surface area (Å²) in [4.78, 5) is 0. The third-order valence-electron chi connectivity index (χ3n) is 6.58. The minimum absolute atomic E-state index is 0.295. The Morgan fingerprint density at radius 3 is 1.79 bits per heavy atom. The monoisotopic (exact) mass is 380 g/mol. The molecule has 0 spiro atoms. The Balaban J connectivity index is 1.84. The average Bonchev–Trinajstić information content (AvgIpc) is 3.09. The van der Waals surface area contributed by atoms with Gasteiger partial charge in [0.05, 0.1) is 0 Å². The summed E-state index contributed by atoms with van der Waals surface area (Å²) < 4.78 is 0. The quantitative estimate of drug-likeness (QED) is 0.438. The molecule has 0 saturated heterocycles. The molecule has 0 unspecified atom stereocenters. The maximum absolute atomic E-state index is 10.1. The molecule has 0 aliphatic heterocycles. The van der Waals surface area contributed by atoms with Crippen LogP contribution in [0.25, 0.3) is 10.8 Å². The summed E-state index contributed by atoms with van der Waals surface area (Å²) in [6, 6.07) is 25.1. The van der Waals surface area contributed by atoms with Gasteiger partial charge < -0.3 is 10.2 Å². The molecule has 1 aliphatic carbocycles. The molecule has 144 valence electrons. The van der Waals surface area contributed by atoms with Gasteiger partial charge in [0, 0.05) is 5.41 Å². The Labute approximate surface area is 171 Å². The minimum Gasteiger partial charge on any atom is -0.508 e. The molecule has 2 N–H and O–H groups in total. The fraction of sp³-hybridized carbons (Fsp3) is 0.185. The van der Waals surface area contributed by atoms with E-state index < -0.39 is 0 Å². The number of benzene rings is 4. The van der Waals surface area contributed by atoms with E-state index in [0.717, 1.165) is 24.0 Å². The van der Waals surface area contributed by atoms with Gasteiger partial charge in [-0.25, -0.2) is 0 Å². The van der Waals surface area contributed by atoms with Crippen LogP contribution in [0.5, 0.6) is 11.5 Å². The van der Waals surface area contributed by atoms with E-state index >= 15 is 0 Å². The standard InChI is InChI=1S/C27H24O2/c1-17-13-22(7-9-25(17)28)27(23-8-10-26(29)18(2)14-23)12-11-21-15-19-5-3-4-6-20(19)16-24(21)27/h3-10,13-16,28-29H,11-12H2,1-2H3. The van der Waals surface area contributed by atoms with Crippen LogP contribution in [0.15, 0.2) is 72.8 Å². The summed E-state index contributed by atoms with van der Waals surface area (Å²) in [6.07, 6.45) is 1.97. The van der Waals surface area contributed by atoms with Crippen LogP contribution in [0.1, 0.15) is 39.8 Å². The molecule has 0 saturated carbocycles. The lowest BCUT2D eigenvalue weighted by Crippen LogP contribution is -2.26. The van der Waals surface area contributed by atoms with E-state index in [1.807, 2.05) is 13.8 Å². The van der Waals surface area contributed by atoms with Gasteiger partial charge in [-0.3, -0.25) is 0 Å². The first-order chi connectivity index (χ1) is 14.0. The zero-order valence-corrected chi connectivity index (χ0v) is 16.7. The van der Waals surface area contributed by atoms with E-state index in [9.17, 15) is 10.2 Å². The van der Waals surface area contributed by atoms with E-state index in [2.05, 4.69) is 60.7 Å². The molecular weight excluding hydrogens is 356 g/mol. The number of phenols is 2. The minimum atomic E-state index is -0.295. The number of hydrogen-bond donors (Lipinski definition) is 2. The summed E-state index contributed by atoms with van der Waals surface area (Å²) in [5.41, 5.74) is 6.54. The van der Waals surface area contributed by atoms with Gasteiger partial charge in [0.1, 0.15) is 11.5 Å². The second-order valence-corrected chi connectivity index (χ2v) is 8.26. The highest BCUT2D eigenvalue weighted by molar-refractivity contribution is 5.85. The van der Waals surface area contributed by atoms with Crippen molar-refractivity contribution in [3.63, 3.8) is 0 Å². The normalized spacial score (nSPS) is 14.8. The molecule has 0 fully saturated rings. The molecule has 5 rings (SSSR count). The molecule has 29 heavy (non-hydrogen) atoms. The SMILES string of the molecule is Cc1cc(C2(c3ccc(O)c(C)c3)CCc3cc4ccccc4cc32)ccc1O. The summed E-state index contributed by atoms with van der Waals surface area (Å²) in [7, 11) is 0. The van der Waals surface area contributed by atoms with Crippen molar-refractivity contribution in [1.82, 2.24) is 0 Å². The van der Waals surface area contributed by atoms with Crippen LogP contribution < -0.4 is 0 Å². The van der Waals surface area contributed by atoms with Crippen molar-refractivity contribution in [2.75, 3.05) is 0 Å². The van der Waals surface area contributed by atoms with E-state index in [1.54, 1.807) is 12.1 Å². The summed E-state index contributed by atoms with van der Waals surface area (Å²) in [6.45, 7) is 3.90. The van der Waals surface area contributed by atoms with Crippen molar-refractivity contribution in [2.45, 2.75) is 32.1 Å². The Morgan fingerprint density at radius 2 is 1.24 bits per heavy atom. The molecule has 0 atom stereocenters. The van der Waals surface area contributed by atoms with Gasteiger partial charge in [0.2, 0.25) is 0 Å². The van der Waals surface area contributed by atoms with E-state index in [-0.39, 0.29) is 5.41 Å². The van der Waals surface area contributed by atoms with Crippen molar-refractivity contribution in [3.8, 4) is 11.5 Å². The number of rotatable bonds is 2. The Kier molecular flexibility index (Phi) is 3.92. The van der Waals surface area contributed by atoms with Gasteiger partial charge in [0.15, 0.2) is 0 Å². The van der Waals surface area contributed by atoms with Gasteiger partial charge in [-0.15, -0.1) is 0 Å². The maximum Gasteiger partial charge on any atom is 0.118 e. The van der Waals surface area contributed by atoms with Crippen LogP contribution in [0.3, 0.4) is 0 Å². The van der Waals surface area contributed by atoms with E-state index in [0.29, 0.717) is 11.5 Å². The summed E-state index contributed by atoms with van der Waals surface area (Å²) in [5, 5.41) is 22.8. The third-order valence-corrected chi connectivity index (χ3v) is 6.58. The van der Waals surface area contributed by atoms with Crippen molar-refractivity contribution in [2.24, 2.45) is 0 Å². The van der Waals surface area contributed by atoms with Gasteiger partial charge in [0.25, 0.3) is 0 Å². The van der Waals surface area contributed by atoms with Crippen LogP contribution in [0.2, 0.25) is 0 Å². The fourth-order valence-corrected chi connectivity index (χ4v) is 4.96. The number of fused-ring (bicyclic) bond motifs is 2. The van der Waals surface area contributed by atoms with Crippen LogP contribution in [0.4, 0.5) is 0 Å². The first-order valence-corrected chi connectivity index (χ1v) is 10.1. The Hall–Kier alpha value is -3.26. The average molecular weight is 380 g/mol. The largest absolute Gasteiger partial charge is 0.508 e. The highest BCUT2D eigenvalue weighted by atomic mass is 16.3. The third kappa shape index (κ3) is 2.63. The second-order valence-electron chi connectivity index (χ2n) is 8.26. The zero-order valence-electron chi connectivity index (χ0n) is 16.7. The number of hydrogen-bond acceptors (Lipinski definition) is 2. The summed E-state index contributed by atoms with van der Waals surface area (Å²) >= 11 is 0. The Morgan fingerprint density at radius 1 is 0.690 bits per heavy atom. The first kappa shape index (κ1) is 17.8. The molecule has 0 radical (unpaired) electrons. The van der Waals surface area contributed by atoms with Crippen LogP contribution in [-0.2, 0) is 11.8 Å². The predicted octanol–water partition coefficient (Wildman–Crippen LogP) is 6.15. The molecule has 0 amide bonds. The van der Waals surface area contributed by atoms with Crippen LogP contribution in [0, 0.1) is 13.8 Å². The van der Waals surface area contributed by atoms with Crippen LogP contribution >= 0.6 is 0 Å². The topological polar surface area (TPSA) is 40.5 Å². The molecule has 4 aromatic rings. The van der Waals surface area contributed by atoms with Crippen molar-refractivity contribution >= 4 is 10.8 Å². The first-order valence-electron chi connectivity index (χ1n) is 10.1. The highest BCUT2D eigenvalue weighted by Crippen LogP contribution is 2.51. The molecule has 0 bridgehead atoms. The molecule has 0 aromatic heterocycles. The van der Waals surface area contributed by atoms with E-state index in [1.165, 1.54) is 33.0 Å². The van der Waals surface area contributed by atoms with Gasteiger partial charge in [-0.1, -0.05) is 54.6 Å². The van der Waals surface area contributed by atoms with Crippen molar-refractivity contribution in [3.05, 3.63) is 106 Å². The predicted molar refractivity (Wildman–Crippen MR) is 118 cm³/mol. The molecular formula is C27H24O2. The second kappa shape index (κ2) is 6.38. The van der Waals surface area contributed by atoms with Gasteiger partial charge in [-0.05, 0) is 89.0 Å². The van der Waals surface area contributed by atoms with Gasteiger partial charge in [-0.2, -0.15) is 0 Å². The lowest BCUT2D eigenvalue weighted by Gasteiger charge is -2.33. The molecule has 4 aromatic carbocycles. The number of phenolic OH excluding ortho intramolecular Hbond substituents is 2. The summed E-state index contributed by atoms with van der Waals surface area (Å²) in [5.74, 6) is 0.644.